The number of pyridine rings is 1. The molecular weight excluding hydrogens is 316 g/mol. The van der Waals surface area contributed by atoms with Crippen molar-refractivity contribution in [2.75, 3.05) is 19.8 Å². The molecule has 0 atom stereocenters. The molecule has 2 aromatic rings. The van der Waals surface area contributed by atoms with Gasteiger partial charge < -0.3 is 14.8 Å². The van der Waals surface area contributed by atoms with Crippen LogP contribution in [0.15, 0.2) is 36.7 Å². The van der Waals surface area contributed by atoms with E-state index in [0.29, 0.717) is 41.8 Å². The fraction of sp³-hybridized carbons (Fsp3) is 0.294. The highest BCUT2D eigenvalue weighted by Crippen LogP contribution is 2.37. The van der Waals surface area contributed by atoms with Gasteiger partial charge in [-0.1, -0.05) is 17.7 Å². The number of amides is 1. The average molecular weight is 333 g/mol. The van der Waals surface area contributed by atoms with Crippen molar-refractivity contribution in [3.05, 3.63) is 52.8 Å². The summed E-state index contributed by atoms with van der Waals surface area (Å²) in [6, 6.07) is 7.13. The van der Waals surface area contributed by atoms with Crippen molar-refractivity contribution in [3.8, 4) is 11.5 Å². The van der Waals surface area contributed by atoms with Crippen molar-refractivity contribution in [2.45, 2.75) is 12.8 Å². The van der Waals surface area contributed by atoms with Gasteiger partial charge in [0.25, 0.3) is 5.91 Å². The maximum absolute atomic E-state index is 12.3. The van der Waals surface area contributed by atoms with Gasteiger partial charge in [0.2, 0.25) is 0 Å². The Morgan fingerprint density at radius 2 is 2.17 bits per heavy atom. The predicted octanol–water partition coefficient (Wildman–Crippen LogP) is 2.87. The summed E-state index contributed by atoms with van der Waals surface area (Å²) >= 11 is 6.20. The van der Waals surface area contributed by atoms with Gasteiger partial charge in [0, 0.05) is 30.9 Å². The SMILES string of the molecule is O=C(NCCc1cccnc1)c1cc(Cl)c2c(c1)OCCCO2. The normalized spacial score (nSPS) is 13.3. The van der Waals surface area contributed by atoms with Crippen LogP contribution in [0.25, 0.3) is 0 Å². The predicted molar refractivity (Wildman–Crippen MR) is 87.3 cm³/mol. The second kappa shape index (κ2) is 7.33. The number of rotatable bonds is 4. The number of nitrogens with one attached hydrogen (secondary N) is 1. The molecule has 1 aromatic carbocycles. The van der Waals surface area contributed by atoms with E-state index in [9.17, 15) is 4.79 Å². The van der Waals surface area contributed by atoms with Gasteiger partial charge >= 0.3 is 0 Å². The Kier molecular flexibility index (Phi) is 4.98. The van der Waals surface area contributed by atoms with Crippen LogP contribution in [0.5, 0.6) is 11.5 Å². The molecule has 1 N–H and O–H groups in total. The van der Waals surface area contributed by atoms with E-state index in [-0.39, 0.29) is 5.91 Å². The fourth-order valence-electron chi connectivity index (χ4n) is 2.33. The Bertz CT molecular complexity index is 692. The first kappa shape index (κ1) is 15.6. The molecule has 5 nitrogen and oxygen atoms in total. The maximum Gasteiger partial charge on any atom is 0.251 e. The first-order valence-electron chi connectivity index (χ1n) is 7.50. The third-order valence-corrected chi connectivity index (χ3v) is 3.77. The minimum Gasteiger partial charge on any atom is -0.489 e. The number of benzene rings is 1. The molecule has 1 aliphatic rings. The van der Waals surface area contributed by atoms with Crippen LogP contribution in [0.3, 0.4) is 0 Å². The number of aromatic nitrogens is 1. The van der Waals surface area contributed by atoms with E-state index < -0.39 is 0 Å². The lowest BCUT2D eigenvalue weighted by Gasteiger charge is -2.11. The Balaban J connectivity index is 1.65. The Labute approximate surface area is 139 Å². The molecule has 120 valence electrons. The smallest absolute Gasteiger partial charge is 0.251 e. The van der Waals surface area contributed by atoms with Crippen molar-refractivity contribution in [1.29, 1.82) is 0 Å². The van der Waals surface area contributed by atoms with Gasteiger partial charge in [-0.25, -0.2) is 0 Å². The average Bonchev–Trinajstić information content (AvgIpc) is 2.81. The topological polar surface area (TPSA) is 60.5 Å². The molecule has 1 amide bonds. The molecule has 1 aromatic heterocycles. The summed E-state index contributed by atoms with van der Waals surface area (Å²) in [6.45, 7) is 1.63. The molecule has 0 saturated heterocycles. The van der Waals surface area contributed by atoms with Crippen LogP contribution >= 0.6 is 11.6 Å². The highest BCUT2D eigenvalue weighted by atomic mass is 35.5. The molecule has 6 heteroatoms. The van der Waals surface area contributed by atoms with Gasteiger partial charge in [0.15, 0.2) is 11.5 Å². The number of ether oxygens (including phenoxy) is 2. The van der Waals surface area contributed by atoms with Gasteiger partial charge in [0.05, 0.1) is 18.2 Å². The van der Waals surface area contributed by atoms with E-state index in [0.717, 1.165) is 18.4 Å². The van der Waals surface area contributed by atoms with E-state index >= 15 is 0 Å². The summed E-state index contributed by atoms with van der Waals surface area (Å²) in [5.41, 5.74) is 1.54. The van der Waals surface area contributed by atoms with Crippen LogP contribution in [-0.4, -0.2) is 30.6 Å². The van der Waals surface area contributed by atoms with Crippen molar-refractivity contribution in [2.24, 2.45) is 0 Å². The molecule has 23 heavy (non-hydrogen) atoms. The van der Waals surface area contributed by atoms with E-state index in [2.05, 4.69) is 10.3 Å². The molecular formula is C17H17ClN2O3. The lowest BCUT2D eigenvalue weighted by Crippen LogP contribution is -2.25. The largest absolute Gasteiger partial charge is 0.489 e. The van der Waals surface area contributed by atoms with Gasteiger partial charge in [-0.15, -0.1) is 0 Å². The van der Waals surface area contributed by atoms with E-state index in [1.54, 1.807) is 24.5 Å². The summed E-state index contributed by atoms with van der Waals surface area (Å²) in [5, 5.41) is 3.27. The third kappa shape index (κ3) is 3.93. The summed E-state index contributed by atoms with van der Waals surface area (Å²) in [4.78, 5) is 16.3. The maximum atomic E-state index is 12.3. The fourth-order valence-corrected chi connectivity index (χ4v) is 2.60. The molecule has 2 heterocycles. The zero-order valence-electron chi connectivity index (χ0n) is 12.5. The minimum absolute atomic E-state index is 0.188. The Morgan fingerprint density at radius 3 is 3.00 bits per heavy atom. The van der Waals surface area contributed by atoms with Crippen LogP contribution in [0.1, 0.15) is 22.3 Å². The molecule has 1 aliphatic heterocycles. The van der Waals surface area contributed by atoms with Gasteiger partial charge in [-0.3, -0.25) is 9.78 Å². The second-order valence-electron chi connectivity index (χ2n) is 5.20. The van der Waals surface area contributed by atoms with Gasteiger partial charge in [-0.05, 0) is 30.2 Å². The van der Waals surface area contributed by atoms with Crippen molar-refractivity contribution in [3.63, 3.8) is 0 Å². The standard InChI is InChI=1S/C17H17ClN2O3/c18-14-9-13(10-15-16(14)23-8-2-7-22-15)17(21)20-6-4-12-3-1-5-19-11-12/h1,3,5,9-11H,2,4,6-8H2,(H,20,21). The van der Waals surface area contributed by atoms with Crippen molar-refractivity contribution >= 4 is 17.5 Å². The second-order valence-corrected chi connectivity index (χ2v) is 5.61. The summed E-state index contributed by atoms with van der Waals surface area (Å²) < 4.78 is 11.2. The molecule has 0 aliphatic carbocycles. The molecule has 0 bridgehead atoms. The summed E-state index contributed by atoms with van der Waals surface area (Å²) in [7, 11) is 0. The minimum atomic E-state index is -0.188. The zero-order valence-corrected chi connectivity index (χ0v) is 13.3. The molecule has 0 saturated carbocycles. The van der Waals surface area contributed by atoms with Crippen LogP contribution < -0.4 is 14.8 Å². The summed E-state index contributed by atoms with van der Waals surface area (Å²) in [6.07, 6.45) is 5.02. The van der Waals surface area contributed by atoms with Gasteiger partial charge in [0.1, 0.15) is 0 Å². The Hall–Kier alpha value is -2.27. The number of carbonyl (C=O) groups excluding carboxylic acids is 1. The van der Waals surface area contributed by atoms with Crippen LogP contribution in [-0.2, 0) is 6.42 Å². The lowest BCUT2D eigenvalue weighted by molar-refractivity contribution is 0.0953. The summed E-state index contributed by atoms with van der Waals surface area (Å²) in [5.74, 6) is 0.843. The number of fused-ring (bicyclic) bond motifs is 1. The molecule has 0 unspecified atom stereocenters. The van der Waals surface area contributed by atoms with Crippen LogP contribution in [0, 0.1) is 0 Å². The number of hydrogen-bond donors (Lipinski definition) is 1. The monoisotopic (exact) mass is 332 g/mol. The third-order valence-electron chi connectivity index (χ3n) is 3.49. The number of halogens is 1. The first-order chi connectivity index (χ1) is 11.2. The number of nitrogens with zero attached hydrogens (tertiary/aromatic N) is 1. The lowest BCUT2D eigenvalue weighted by atomic mass is 10.1. The highest BCUT2D eigenvalue weighted by Gasteiger charge is 2.18. The van der Waals surface area contributed by atoms with Gasteiger partial charge in [-0.2, -0.15) is 0 Å². The molecule has 0 fully saturated rings. The molecule has 3 rings (SSSR count). The van der Waals surface area contributed by atoms with Crippen molar-refractivity contribution in [1.82, 2.24) is 10.3 Å². The van der Waals surface area contributed by atoms with Crippen molar-refractivity contribution < 1.29 is 14.3 Å². The van der Waals surface area contributed by atoms with E-state index in [1.165, 1.54) is 0 Å². The van der Waals surface area contributed by atoms with Crippen LogP contribution in [0.4, 0.5) is 0 Å². The quantitative estimate of drug-likeness (QED) is 0.935. The van der Waals surface area contributed by atoms with E-state index in [4.69, 9.17) is 21.1 Å². The highest BCUT2D eigenvalue weighted by molar-refractivity contribution is 6.32. The number of carbonyl (C=O) groups is 1. The molecule has 0 radical (unpaired) electrons. The van der Waals surface area contributed by atoms with E-state index in [1.807, 2.05) is 12.1 Å². The molecule has 0 spiro atoms. The number of hydrogen-bond acceptors (Lipinski definition) is 4. The zero-order chi connectivity index (χ0) is 16.1. The van der Waals surface area contributed by atoms with Crippen LogP contribution in [0.2, 0.25) is 5.02 Å². The Morgan fingerprint density at radius 1 is 1.30 bits per heavy atom. The first-order valence-corrected chi connectivity index (χ1v) is 7.88.